The van der Waals surface area contributed by atoms with Crippen molar-refractivity contribution in [2.75, 3.05) is 6.54 Å². The number of fused-ring (bicyclic) bond motifs is 1. The van der Waals surface area contributed by atoms with Crippen molar-refractivity contribution >= 4 is 11.9 Å². The third-order valence-corrected chi connectivity index (χ3v) is 3.51. The zero-order valence-corrected chi connectivity index (χ0v) is 11.9. The molecular formula is C15H16N4O3. The number of rotatable bonds is 5. The van der Waals surface area contributed by atoms with E-state index < -0.39 is 12.1 Å². The first kappa shape index (κ1) is 14.2. The van der Waals surface area contributed by atoms with Crippen LogP contribution in [-0.4, -0.2) is 39.3 Å². The number of ether oxygens (including phenoxy) is 1. The highest BCUT2D eigenvalue weighted by Gasteiger charge is 2.30. The largest absolute Gasteiger partial charge is 0.448 e. The average Bonchev–Trinajstić information content (AvgIpc) is 3.04. The van der Waals surface area contributed by atoms with Crippen LogP contribution in [0.5, 0.6) is 0 Å². The second-order valence-electron chi connectivity index (χ2n) is 5.06. The van der Waals surface area contributed by atoms with Crippen molar-refractivity contribution in [3.8, 4) is 0 Å². The van der Waals surface area contributed by atoms with Crippen molar-refractivity contribution in [3.63, 3.8) is 0 Å². The predicted molar refractivity (Wildman–Crippen MR) is 77.0 cm³/mol. The molecule has 0 unspecified atom stereocenters. The maximum absolute atomic E-state index is 12.1. The van der Waals surface area contributed by atoms with Gasteiger partial charge >= 0.3 is 5.97 Å². The number of esters is 1. The molecule has 1 aromatic carbocycles. The molecule has 1 aromatic heterocycles. The van der Waals surface area contributed by atoms with E-state index in [2.05, 4.69) is 15.4 Å². The topological polar surface area (TPSA) is 86.1 Å². The lowest BCUT2D eigenvalue weighted by atomic mass is 9.98. The number of aryl methyl sites for hydroxylation is 1. The van der Waals surface area contributed by atoms with Crippen molar-refractivity contribution in [2.24, 2.45) is 0 Å². The molecule has 0 bridgehead atoms. The summed E-state index contributed by atoms with van der Waals surface area (Å²) >= 11 is 0. The van der Waals surface area contributed by atoms with Crippen LogP contribution in [-0.2, 0) is 22.5 Å². The first-order valence-corrected chi connectivity index (χ1v) is 7.13. The Bertz CT molecular complexity index is 669. The molecular weight excluding hydrogens is 284 g/mol. The SMILES string of the molecule is O=C1O[C@H](C(=O)NCCCn2cncn2)Cc2ccccc21. The zero-order valence-electron chi connectivity index (χ0n) is 11.9. The summed E-state index contributed by atoms with van der Waals surface area (Å²) in [5.74, 6) is -0.703. The van der Waals surface area contributed by atoms with E-state index in [1.807, 2.05) is 12.1 Å². The summed E-state index contributed by atoms with van der Waals surface area (Å²) in [5.41, 5.74) is 1.39. The molecule has 0 radical (unpaired) electrons. The summed E-state index contributed by atoms with van der Waals surface area (Å²) < 4.78 is 6.90. The summed E-state index contributed by atoms with van der Waals surface area (Å²) in [5, 5.41) is 6.77. The smallest absolute Gasteiger partial charge is 0.339 e. The molecule has 1 aliphatic heterocycles. The Morgan fingerprint density at radius 2 is 2.27 bits per heavy atom. The van der Waals surface area contributed by atoms with Crippen LogP contribution in [0.1, 0.15) is 22.3 Å². The van der Waals surface area contributed by atoms with Crippen LogP contribution < -0.4 is 5.32 Å². The lowest BCUT2D eigenvalue weighted by Crippen LogP contribution is -2.42. The monoisotopic (exact) mass is 300 g/mol. The Balaban J connectivity index is 1.50. The lowest BCUT2D eigenvalue weighted by molar-refractivity contribution is -0.130. The van der Waals surface area contributed by atoms with Gasteiger partial charge in [0.2, 0.25) is 0 Å². The summed E-state index contributed by atoms with van der Waals surface area (Å²) in [6, 6.07) is 7.19. The highest BCUT2D eigenvalue weighted by Crippen LogP contribution is 2.20. The van der Waals surface area contributed by atoms with Gasteiger partial charge < -0.3 is 10.1 Å². The Morgan fingerprint density at radius 1 is 1.41 bits per heavy atom. The summed E-state index contributed by atoms with van der Waals surface area (Å²) in [6.07, 6.45) is 3.48. The molecule has 7 nitrogen and oxygen atoms in total. The summed E-state index contributed by atoms with van der Waals surface area (Å²) in [4.78, 5) is 27.8. The summed E-state index contributed by atoms with van der Waals surface area (Å²) in [6.45, 7) is 1.17. The molecule has 114 valence electrons. The highest BCUT2D eigenvalue weighted by atomic mass is 16.5. The molecule has 7 heteroatoms. The molecule has 2 aromatic rings. The number of carbonyl (C=O) groups excluding carboxylic acids is 2. The minimum Gasteiger partial charge on any atom is -0.448 e. The van der Waals surface area contributed by atoms with Gasteiger partial charge in [0.1, 0.15) is 12.7 Å². The number of hydrogen-bond acceptors (Lipinski definition) is 5. The van der Waals surface area contributed by atoms with E-state index >= 15 is 0 Å². The van der Waals surface area contributed by atoms with E-state index in [0.29, 0.717) is 25.1 Å². The quantitative estimate of drug-likeness (QED) is 0.644. The van der Waals surface area contributed by atoms with Crippen molar-refractivity contribution in [3.05, 3.63) is 48.0 Å². The van der Waals surface area contributed by atoms with E-state index in [4.69, 9.17) is 4.74 Å². The van der Waals surface area contributed by atoms with E-state index in [1.165, 1.54) is 6.33 Å². The number of cyclic esters (lactones) is 1. The van der Waals surface area contributed by atoms with Gasteiger partial charge in [-0.2, -0.15) is 5.10 Å². The van der Waals surface area contributed by atoms with Crippen molar-refractivity contribution < 1.29 is 14.3 Å². The fourth-order valence-corrected chi connectivity index (χ4v) is 2.39. The van der Waals surface area contributed by atoms with Gasteiger partial charge in [-0.1, -0.05) is 18.2 Å². The van der Waals surface area contributed by atoms with Gasteiger partial charge in [-0.3, -0.25) is 9.48 Å². The van der Waals surface area contributed by atoms with Crippen LogP contribution in [0.4, 0.5) is 0 Å². The Hall–Kier alpha value is -2.70. The Morgan fingerprint density at radius 3 is 3.09 bits per heavy atom. The molecule has 3 rings (SSSR count). The van der Waals surface area contributed by atoms with E-state index in [9.17, 15) is 9.59 Å². The Labute approximate surface area is 127 Å². The number of nitrogens with one attached hydrogen (secondary N) is 1. The van der Waals surface area contributed by atoms with Crippen LogP contribution in [0.15, 0.2) is 36.9 Å². The van der Waals surface area contributed by atoms with Gasteiger partial charge in [0, 0.05) is 19.5 Å². The van der Waals surface area contributed by atoms with Crippen molar-refractivity contribution in [2.45, 2.75) is 25.5 Å². The second kappa shape index (κ2) is 6.38. The number of benzene rings is 1. The second-order valence-corrected chi connectivity index (χ2v) is 5.06. The van der Waals surface area contributed by atoms with E-state index in [1.54, 1.807) is 23.1 Å². The fourth-order valence-electron chi connectivity index (χ4n) is 2.39. The molecule has 2 heterocycles. The number of aromatic nitrogens is 3. The number of hydrogen-bond donors (Lipinski definition) is 1. The molecule has 0 saturated carbocycles. The van der Waals surface area contributed by atoms with Crippen molar-refractivity contribution in [1.82, 2.24) is 20.1 Å². The van der Waals surface area contributed by atoms with E-state index in [-0.39, 0.29) is 5.91 Å². The van der Waals surface area contributed by atoms with E-state index in [0.717, 1.165) is 12.0 Å². The molecule has 1 N–H and O–H groups in total. The highest BCUT2D eigenvalue weighted by molar-refractivity contribution is 5.95. The standard InChI is InChI=1S/C15H16N4O3/c20-14(17-6-3-7-19-10-16-9-18-19)13-8-11-4-1-2-5-12(11)15(21)22-13/h1-2,4-5,9-10,13H,3,6-8H2,(H,17,20)/t13-/m0/s1. The van der Waals surface area contributed by atoms with Gasteiger partial charge in [-0.05, 0) is 18.1 Å². The third-order valence-electron chi connectivity index (χ3n) is 3.51. The molecule has 1 aliphatic rings. The molecule has 0 saturated heterocycles. The zero-order chi connectivity index (χ0) is 15.4. The first-order chi connectivity index (χ1) is 10.7. The molecule has 0 fully saturated rings. The van der Waals surface area contributed by atoms with Crippen molar-refractivity contribution in [1.29, 1.82) is 0 Å². The van der Waals surface area contributed by atoms with Crippen LogP contribution in [0, 0.1) is 0 Å². The van der Waals surface area contributed by atoms with Gasteiger partial charge in [0.05, 0.1) is 5.56 Å². The fraction of sp³-hybridized carbons (Fsp3) is 0.333. The van der Waals surface area contributed by atoms with Gasteiger partial charge in [0.15, 0.2) is 6.10 Å². The molecule has 1 atom stereocenters. The number of carbonyl (C=O) groups is 2. The van der Waals surface area contributed by atoms with Gasteiger partial charge in [-0.25, -0.2) is 9.78 Å². The minimum atomic E-state index is -0.756. The first-order valence-electron chi connectivity index (χ1n) is 7.13. The lowest BCUT2D eigenvalue weighted by Gasteiger charge is -2.23. The van der Waals surface area contributed by atoms with Gasteiger partial charge in [0.25, 0.3) is 5.91 Å². The molecule has 0 spiro atoms. The van der Waals surface area contributed by atoms with Crippen LogP contribution >= 0.6 is 0 Å². The summed E-state index contributed by atoms with van der Waals surface area (Å²) in [7, 11) is 0. The van der Waals surface area contributed by atoms with Crippen LogP contribution in [0.3, 0.4) is 0 Å². The molecule has 22 heavy (non-hydrogen) atoms. The maximum Gasteiger partial charge on any atom is 0.339 e. The number of amides is 1. The number of nitrogens with zero attached hydrogens (tertiary/aromatic N) is 3. The normalized spacial score (nSPS) is 16.7. The molecule has 0 aliphatic carbocycles. The molecule has 1 amide bonds. The predicted octanol–water partition coefficient (Wildman–Crippen LogP) is 0.566. The Kier molecular flexibility index (Phi) is 4.13. The third kappa shape index (κ3) is 3.13. The van der Waals surface area contributed by atoms with Crippen LogP contribution in [0.2, 0.25) is 0 Å². The average molecular weight is 300 g/mol. The minimum absolute atomic E-state index is 0.263. The maximum atomic E-state index is 12.1. The van der Waals surface area contributed by atoms with Crippen LogP contribution in [0.25, 0.3) is 0 Å². The van der Waals surface area contributed by atoms with Gasteiger partial charge in [-0.15, -0.1) is 0 Å².